The lowest BCUT2D eigenvalue weighted by molar-refractivity contribution is -0.0399. The first-order valence-corrected chi connectivity index (χ1v) is 15.6. The first kappa shape index (κ1) is 22.6. The van der Waals surface area contributed by atoms with Gasteiger partial charge in [0.1, 0.15) is 0 Å². The van der Waals surface area contributed by atoms with Gasteiger partial charge in [-0.3, -0.25) is 0 Å². The van der Waals surface area contributed by atoms with E-state index in [0.29, 0.717) is 0 Å². The average Bonchev–Trinajstić information content (AvgIpc) is 3.50. The third-order valence-corrected chi connectivity index (χ3v) is 11.6. The average molecular weight is 528 g/mol. The SMILES string of the molecule is c1ccc(-n2c3ccccc3c3cc(-c4ccc5c(c4)-c4ccccc4C54C5CC6CC(C5)CC4C6)ccc32)cc1. The molecule has 4 bridgehead atoms. The fourth-order valence-electron chi connectivity index (χ4n) is 10.3. The molecule has 1 spiro atoms. The molecule has 4 fully saturated rings. The minimum Gasteiger partial charge on any atom is -0.309 e. The van der Waals surface area contributed by atoms with Crippen molar-refractivity contribution in [2.45, 2.75) is 37.5 Å². The summed E-state index contributed by atoms with van der Waals surface area (Å²) in [5, 5.41) is 2.63. The van der Waals surface area contributed by atoms with Crippen LogP contribution in [0.1, 0.15) is 43.2 Å². The molecule has 5 aliphatic carbocycles. The molecule has 0 N–H and O–H groups in total. The molecule has 0 amide bonds. The van der Waals surface area contributed by atoms with Crippen LogP contribution in [0.25, 0.3) is 49.7 Å². The first-order valence-electron chi connectivity index (χ1n) is 15.6. The molecule has 1 heteroatoms. The van der Waals surface area contributed by atoms with Gasteiger partial charge in [0.15, 0.2) is 0 Å². The van der Waals surface area contributed by atoms with Gasteiger partial charge in [-0.25, -0.2) is 0 Å². The fourth-order valence-corrected chi connectivity index (χ4v) is 10.3. The van der Waals surface area contributed by atoms with Crippen molar-refractivity contribution >= 4 is 21.8 Å². The van der Waals surface area contributed by atoms with Gasteiger partial charge in [0, 0.05) is 21.9 Å². The van der Waals surface area contributed by atoms with E-state index in [2.05, 4.69) is 120 Å². The summed E-state index contributed by atoms with van der Waals surface area (Å²) in [6.45, 7) is 0. The lowest BCUT2D eigenvalue weighted by Gasteiger charge is -2.61. The first-order chi connectivity index (χ1) is 20.3. The zero-order chi connectivity index (χ0) is 26.7. The van der Waals surface area contributed by atoms with E-state index in [1.165, 1.54) is 81.9 Å². The molecule has 0 unspecified atom stereocenters. The Balaban J connectivity index is 1.16. The van der Waals surface area contributed by atoms with Gasteiger partial charge in [-0.15, -0.1) is 0 Å². The highest BCUT2D eigenvalue weighted by atomic mass is 15.0. The van der Waals surface area contributed by atoms with Crippen molar-refractivity contribution < 1.29 is 0 Å². The lowest BCUT2D eigenvalue weighted by Crippen LogP contribution is -2.55. The van der Waals surface area contributed by atoms with Gasteiger partial charge in [0.05, 0.1) is 11.0 Å². The number of rotatable bonds is 2. The van der Waals surface area contributed by atoms with Gasteiger partial charge in [0.2, 0.25) is 0 Å². The normalized spacial score (nSPS) is 27.1. The molecule has 0 aliphatic heterocycles. The second kappa shape index (κ2) is 8.01. The summed E-state index contributed by atoms with van der Waals surface area (Å²) in [5.74, 6) is 3.58. The summed E-state index contributed by atoms with van der Waals surface area (Å²) in [7, 11) is 0. The highest BCUT2D eigenvalue weighted by Gasteiger charge is 2.61. The van der Waals surface area contributed by atoms with Gasteiger partial charge in [-0.05, 0) is 126 Å². The van der Waals surface area contributed by atoms with E-state index in [-0.39, 0.29) is 5.41 Å². The zero-order valence-corrected chi connectivity index (χ0v) is 23.3. The molecular formula is C40H33N. The van der Waals surface area contributed by atoms with Crippen LogP contribution in [0.2, 0.25) is 0 Å². The predicted molar refractivity (Wildman–Crippen MR) is 169 cm³/mol. The Morgan fingerprint density at radius 3 is 1.95 bits per heavy atom. The quantitative estimate of drug-likeness (QED) is 0.211. The Morgan fingerprint density at radius 1 is 0.488 bits per heavy atom. The highest BCUT2D eigenvalue weighted by Crippen LogP contribution is 2.69. The van der Waals surface area contributed by atoms with Crippen LogP contribution in [0.15, 0.2) is 115 Å². The summed E-state index contributed by atoms with van der Waals surface area (Å²) in [4.78, 5) is 0. The molecule has 1 nitrogen and oxygen atoms in total. The molecule has 1 heterocycles. The van der Waals surface area contributed by atoms with Crippen LogP contribution in [0.3, 0.4) is 0 Å². The van der Waals surface area contributed by atoms with Crippen molar-refractivity contribution in [2.75, 3.05) is 0 Å². The molecule has 5 aromatic carbocycles. The molecule has 5 aliphatic rings. The van der Waals surface area contributed by atoms with Crippen LogP contribution in [0.5, 0.6) is 0 Å². The van der Waals surface area contributed by atoms with Crippen LogP contribution in [0, 0.1) is 23.7 Å². The van der Waals surface area contributed by atoms with Crippen molar-refractivity contribution in [2.24, 2.45) is 23.7 Å². The molecule has 6 aromatic rings. The zero-order valence-electron chi connectivity index (χ0n) is 23.3. The van der Waals surface area contributed by atoms with E-state index in [1.807, 2.05) is 0 Å². The molecule has 1 aromatic heterocycles. The van der Waals surface area contributed by atoms with E-state index in [9.17, 15) is 0 Å². The van der Waals surface area contributed by atoms with Crippen LogP contribution in [-0.2, 0) is 5.41 Å². The Hall–Kier alpha value is -4.10. The summed E-state index contributed by atoms with van der Waals surface area (Å²) in [6, 6.07) is 43.7. The number of nitrogens with zero attached hydrogens (tertiary/aromatic N) is 1. The number of para-hydroxylation sites is 2. The predicted octanol–water partition coefficient (Wildman–Crippen LogP) is 10.2. The molecule has 4 saturated carbocycles. The molecule has 0 radical (unpaired) electrons. The Morgan fingerprint density at radius 2 is 1.12 bits per heavy atom. The van der Waals surface area contributed by atoms with Crippen molar-refractivity contribution in [3.63, 3.8) is 0 Å². The van der Waals surface area contributed by atoms with Crippen molar-refractivity contribution in [1.29, 1.82) is 0 Å². The molecule has 198 valence electrons. The van der Waals surface area contributed by atoms with Crippen LogP contribution in [-0.4, -0.2) is 4.57 Å². The number of fused-ring (bicyclic) bond motifs is 6. The summed E-state index contributed by atoms with van der Waals surface area (Å²) >= 11 is 0. The number of hydrogen-bond acceptors (Lipinski definition) is 0. The minimum absolute atomic E-state index is 0.241. The topological polar surface area (TPSA) is 4.93 Å². The van der Waals surface area contributed by atoms with Gasteiger partial charge in [-0.1, -0.05) is 78.9 Å². The smallest absolute Gasteiger partial charge is 0.0541 e. The third-order valence-electron chi connectivity index (χ3n) is 11.6. The van der Waals surface area contributed by atoms with E-state index in [4.69, 9.17) is 0 Å². The second-order valence-electron chi connectivity index (χ2n) is 13.4. The molecule has 0 saturated heterocycles. The Labute approximate surface area is 241 Å². The van der Waals surface area contributed by atoms with E-state index in [0.717, 1.165) is 23.7 Å². The minimum atomic E-state index is 0.241. The van der Waals surface area contributed by atoms with Crippen LogP contribution in [0.4, 0.5) is 0 Å². The van der Waals surface area contributed by atoms with E-state index in [1.54, 1.807) is 11.1 Å². The molecule has 11 rings (SSSR count). The highest BCUT2D eigenvalue weighted by molar-refractivity contribution is 6.10. The van der Waals surface area contributed by atoms with Crippen LogP contribution < -0.4 is 0 Å². The monoisotopic (exact) mass is 527 g/mol. The number of benzene rings is 5. The lowest BCUT2D eigenvalue weighted by atomic mass is 9.43. The van der Waals surface area contributed by atoms with Crippen molar-refractivity contribution in [3.8, 4) is 27.9 Å². The molecular weight excluding hydrogens is 494 g/mol. The third kappa shape index (κ3) is 2.87. The van der Waals surface area contributed by atoms with E-state index < -0.39 is 0 Å². The maximum absolute atomic E-state index is 2.55. The number of aromatic nitrogens is 1. The molecule has 41 heavy (non-hydrogen) atoms. The Bertz CT molecular complexity index is 1980. The number of hydrogen-bond donors (Lipinski definition) is 0. The molecule has 0 atom stereocenters. The second-order valence-corrected chi connectivity index (χ2v) is 13.4. The van der Waals surface area contributed by atoms with Gasteiger partial charge in [-0.2, -0.15) is 0 Å². The standard InChI is InChI=1S/C40H33N/c1-2-8-31(9-3-1)41-38-13-7-5-11-33(38)35-24-28(15-17-39(35)41)27-14-16-37-34(23-27)32-10-4-6-12-36(32)40(37)29-19-25-18-26(21-29)22-30(40)20-25/h1-17,23-26,29-30H,18-22H2. The largest absolute Gasteiger partial charge is 0.309 e. The van der Waals surface area contributed by atoms with Crippen LogP contribution >= 0.6 is 0 Å². The van der Waals surface area contributed by atoms with Gasteiger partial charge in [0.25, 0.3) is 0 Å². The summed E-state index contributed by atoms with van der Waals surface area (Å²) in [6.07, 6.45) is 7.24. The maximum atomic E-state index is 2.55. The van der Waals surface area contributed by atoms with Crippen molar-refractivity contribution in [1.82, 2.24) is 4.57 Å². The maximum Gasteiger partial charge on any atom is 0.0541 e. The Kier molecular flexibility index (Phi) is 4.41. The van der Waals surface area contributed by atoms with Gasteiger partial charge < -0.3 is 4.57 Å². The fraction of sp³-hybridized carbons (Fsp3) is 0.250. The van der Waals surface area contributed by atoms with Crippen molar-refractivity contribution in [3.05, 3.63) is 126 Å². The van der Waals surface area contributed by atoms with Gasteiger partial charge >= 0.3 is 0 Å². The van der Waals surface area contributed by atoms with E-state index >= 15 is 0 Å². The summed E-state index contributed by atoms with van der Waals surface area (Å²) < 4.78 is 2.41. The summed E-state index contributed by atoms with van der Waals surface area (Å²) in [5.41, 5.74) is 12.9.